The van der Waals surface area contributed by atoms with Crippen molar-refractivity contribution in [2.45, 2.75) is 6.92 Å². The Kier molecular flexibility index (Phi) is 4.85. The van der Waals surface area contributed by atoms with Gasteiger partial charge in [0.1, 0.15) is 5.02 Å². The molecule has 0 aliphatic carbocycles. The lowest BCUT2D eigenvalue weighted by atomic mass is 10.1. The van der Waals surface area contributed by atoms with Crippen LogP contribution in [0.1, 0.15) is 22.8 Å². The smallest absolute Gasteiger partial charge is 0.267 e. The predicted molar refractivity (Wildman–Crippen MR) is 84.2 cm³/mol. The highest BCUT2D eigenvalue weighted by Crippen LogP contribution is 2.25. The van der Waals surface area contributed by atoms with E-state index in [0.29, 0.717) is 16.8 Å². The number of hydrazone groups is 1. The number of carbonyl (C=O) groups is 1. The molecule has 1 amide bonds. The van der Waals surface area contributed by atoms with Crippen molar-refractivity contribution < 1.29 is 9.72 Å². The van der Waals surface area contributed by atoms with Crippen molar-refractivity contribution in [2.24, 2.45) is 5.10 Å². The molecule has 0 heterocycles. The van der Waals surface area contributed by atoms with Crippen LogP contribution in [0.5, 0.6) is 0 Å². The van der Waals surface area contributed by atoms with E-state index >= 15 is 0 Å². The molecule has 0 atom stereocenters. The SMILES string of the molecule is C/C(=N\NC(=O)c1ccccc1)c1ccc(Cl)c([N+](=O)[O-])c1. The van der Waals surface area contributed by atoms with Crippen molar-refractivity contribution in [1.29, 1.82) is 0 Å². The minimum Gasteiger partial charge on any atom is -0.267 e. The number of benzene rings is 2. The van der Waals surface area contributed by atoms with Gasteiger partial charge in [-0.15, -0.1) is 0 Å². The third kappa shape index (κ3) is 3.67. The van der Waals surface area contributed by atoms with E-state index in [1.54, 1.807) is 43.3 Å². The number of nitro groups is 1. The van der Waals surface area contributed by atoms with E-state index in [1.165, 1.54) is 12.1 Å². The van der Waals surface area contributed by atoms with Gasteiger partial charge in [-0.1, -0.05) is 35.9 Å². The summed E-state index contributed by atoms with van der Waals surface area (Å²) in [7, 11) is 0. The zero-order chi connectivity index (χ0) is 16.1. The summed E-state index contributed by atoms with van der Waals surface area (Å²) in [6, 6.07) is 13.0. The Morgan fingerprint density at radius 1 is 1.18 bits per heavy atom. The van der Waals surface area contributed by atoms with Crippen LogP contribution in [0.3, 0.4) is 0 Å². The summed E-state index contributed by atoms with van der Waals surface area (Å²) in [5, 5.41) is 14.9. The second-order valence-corrected chi connectivity index (χ2v) is 4.83. The summed E-state index contributed by atoms with van der Waals surface area (Å²) in [4.78, 5) is 22.2. The molecule has 2 rings (SSSR count). The van der Waals surface area contributed by atoms with Gasteiger partial charge < -0.3 is 0 Å². The molecule has 0 aliphatic rings. The van der Waals surface area contributed by atoms with Gasteiger partial charge >= 0.3 is 0 Å². The average Bonchev–Trinajstić information content (AvgIpc) is 2.53. The Bertz CT molecular complexity index is 745. The van der Waals surface area contributed by atoms with Crippen LogP contribution in [0.4, 0.5) is 5.69 Å². The van der Waals surface area contributed by atoms with Crippen LogP contribution in [0.25, 0.3) is 0 Å². The number of halogens is 1. The van der Waals surface area contributed by atoms with Gasteiger partial charge in [-0.2, -0.15) is 5.10 Å². The molecule has 0 radical (unpaired) electrons. The minimum absolute atomic E-state index is 0.0508. The van der Waals surface area contributed by atoms with Gasteiger partial charge in [0, 0.05) is 17.2 Å². The molecule has 1 N–H and O–H groups in total. The number of nitro benzene ring substituents is 1. The third-order valence-corrected chi connectivity index (χ3v) is 3.24. The molecular weight excluding hydrogens is 306 g/mol. The van der Waals surface area contributed by atoms with Gasteiger partial charge in [0.2, 0.25) is 0 Å². The maximum absolute atomic E-state index is 11.9. The molecule has 0 aromatic heterocycles. The lowest BCUT2D eigenvalue weighted by Gasteiger charge is -2.04. The predicted octanol–water partition coefficient (Wildman–Crippen LogP) is 3.40. The molecular formula is C15H12ClN3O3. The first-order valence-corrected chi connectivity index (χ1v) is 6.71. The Labute approximate surface area is 131 Å². The Morgan fingerprint density at radius 2 is 1.86 bits per heavy atom. The van der Waals surface area contributed by atoms with E-state index in [4.69, 9.17) is 11.6 Å². The zero-order valence-electron chi connectivity index (χ0n) is 11.6. The van der Waals surface area contributed by atoms with E-state index < -0.39 is 4.92 Å². The first-order chi connectivity index (χ1) is 10.5. The molecule has 112 valence electrons. The van der Waals surface area contributed by atoms with Crippen molar-refractivity contribution in [3.63, 3.8) is 0 Å². The van der Waals surface area contributed by atoms with E-state index in [0.717, 1.165) is 0 Å². The van der Waals surface area contributed by atoms with Crippen LogP contribution in [0.2, 0.25) is 5.02 Å². The van der Waals surface area contributed by atoms with E-state index in [9.17, 15) is 14.9 Å². The van der Waals surface area contributed by atoms with Crippen LogP contribution in [-0.4, -0.2) is 16.5 Å². The summed E-state index contributed by atoms with van der Waals surface area (Å²) in [5.74, 6) is -0.358. The molecule has 0 saturated carbocycles. The minimum atomic E-state index is -0.568. The van der Waals surface area contributed by atoms with E-state index in [-0.39, 0.29) is 16.6 Å². The van der Waals surface area contributed by atoms with Crippen LogP contribution < -0.4 is 5.43 Å². The molecule has 22 heavy (non-hydrogen) atoms. The quantitative estimate of drug-likeness (QED) is 0.533. The summed E-state index contributed by atoms with van der Waals surface area (Å²) in [6.45, 7) is 1.64. The molecule has 6 nitrogen and oxygen atoms in total. The summed E-state index contributed by atoms with van der Waals surface area (Å²) in [5.41, 5.74) is 3.61. The van der Waals surface area contributed by atoms with Crippen molar-refractivity contribution >= 4 is 28.9 Å². The average molecular weight is 318 g/mol. The van der Waals surface area contributed by atoms with E-state index in [1.807, 2.05) is 0 Å². The maximum Gasteiger partial charge on any atom is 0.288 e. The topological polar surface area (TPSA) is 84.6 Å². The molecule has 2 aromatic carbocycles. The number of nitrogens with one attached hydrogen (secondary N) is 1. The second kappa shape index (κ2) is 6.82. The standard InChI is InChI=1S/C15H12ClN3O3/c1-10(12-7-8-13(16)14(9-12)19(21)22)17-18-15(20)11-5-3-2-4-6-11/h2-9H,1H3,(H,18,20)/b17-10+. The monoisotopic (exact) mass is 317 g/mol. The van der Waals surface area contributed by atoms with Crippen molar-refractivity contribution in [3.8, 4) is 0 Å². The third-order valence-electron chi connectivity index (χ3n) is 2.92. The largest absolute Gasteiger partial charge is 0.288 e. The Morgan fingerprint density at radius 3 is 2.50 bits per heavy atom. The molecule has 0 fully saturated rings. The number of amides is 1. The molecule has 0 saturated heterocycles. The van der Waals surface area contributed by atoms with Gasteiger partial charge in [0.25, 0.3) is 11.6 Å². The zero-order valence-corrected chi connectivity index (χ0v) is 12.4. The molecule has 0 bridgehead atoms. The lowest BCUT2D eigenvalue weighted by Crippen LogP contribution is -2.19. The van der Waals surface area contributed by atoms with Gasteiger partial charge in [0.05, 0.1) is 10.6 Å². The van der Waals surface area contributed by atoms with Gasteiger partial charge in [0.15, 0.2) is 0 Å². The van der Waals surface area contributed by atoms with Crippen molar-refractivity contribution in [1.82, 2.24) is 5.43 Å². The highest BCUT2D eigenvalue weighted by Gasteiger charge is 2.14. The summed E-state index contributed by atoms with van der Waals surface area (Å²) in [6.07, 6.45) is 0. The van der Waals surface area contributed by atoms with Crippen LogP contribution in [0.15, 0.2) is 53.6 Å². The van der Waals surface area contributed by atoms with Crippen LogP contribution in [0, 0.1) is 10.1 Å². The summed E-state index contributed by atoms with van der Waals surface area (Å²) >= 11 is 5.75. The molecule has 2 aromatic rings. The number of hydrogen-bond acceptors (Lipinski definition) is 4. The Hall–Kier alpha value is -2.73. The Balaban J connectivity index is 2.18. The number of rotatable bonds is 4. The van der Waals surface area contributed by atoms with Crippen molar-refractivity contribution in [3.05, 3.63) is 74.8 Å². The van der Waals surface area contributed by atoms with Crippen LogP contribution >= 0.6 is 11.6 Å². The highest BCUT2D eigenvalue weighted by atomic mass is 35.5. The lowest BCUT2D eigenvalue weighted by molar-refractivity contribution is -0.384. The fourth-order valence-corrected chi connectivity index (χ4v) is 1.92. The molecule has 0 unspecified atom stereocenters. The molecule has 7 heteroatoms. The fourth-order valence-electron chi connectivity index (χ4n) is 1.73. The fraction of sp³-hybridized carbons (Fsp3) is 0.0667. The maximum atomic E-state index is 11.9. The molecule has 0 spiro atoms. The first kappa shape index (κ1) is 15.7. The van der Waals surface area contributed by atoms with Crippen molar-refractivity contribution in [2.75, 3.05) is 0 Å². The van der Waals surface area contributed by atoms with Gasteiger partial charge in [-0.3, -0.25) is 14.9 Å². The number of carbonyl (C=O) groups excluding carboxylic acids is 1. The summed E-state index contributed by atoms with van der Waals surface area (Å²) < 4.78 is 0. The van der Waals surface area contributed by atoms with Gasteiger partial charge in [-0.25, -0.2) is 5.43 Å². The first-order valence-electron chi connectivity index (χ1n) is 6.33. The highest BCUT2D eigenvalue weighted by molar-refractivity contribution is 6.32. The molecule has 0 aliphatic heterocycles. The number of hydrogen-bond donors (Lipinski definition) is 1. The second-order valence-electron chi connectivity index (χ2n) is 4.43. The number of nitrogens with zero attached hydrogens (tertiary/aromatic N) is 2. The normalized spacial score (nSPS) is 11.1. The van der Waals surface area contributed by atoms with E-state index in [2.05, 4.69) is 10.5 Å². The van der Waals surface area contributed by atoms with Crippen LogP contribution in [-0.2, 0) is 0 Å². The van der Waals surface area contributed by atoms with Gasteiger partial charge in [-0.05, 0) is 25.1 Å².